The van der Waals surface area contributed by atoms with Gasteiger partial charge in [0.05, 0.1) is 0 Å². The maximum atomic E-state index is 13.2. The van der Waals surface area contributed by atoms with Crippen molar-refractivity contribution in [3.05, 3.63) is 34.9 Å². The molecule has 1 fully saturated rings. The number of ketones is 1. The van der Waals surface area contributed by atoms with Crippen LogP contribution >= 0.6 is 23.4 Å². The van der Waals surface area contributed by atoms with Gasteiger partial charge in [0.1, 0.15) is 12.1 Å². The second-order valence-corrected chi connectivity index (χ2v) is 11.6. The lowest BCUT2D eigenvalue weighted by Gasteiger charge is -2.24. The van der Waals surface area contributed by atoms with Gasteiger partial charge in [-0.2, -0.15) is 11.8 Å². The zero-order valence-corrected chi connectivity index (χ0v) is 23.2. The first kappa shape index (κ1) is 30.2. The van der Waals surface area contributed by atoms with E-state index in [0.29, 0.717) is 29.7 Å². The van der Waals surface area contributed by atoms with E-state index < -0.39 is 29.7 Å². The molecule has 0 spiro atoms. The summed E-state index contributed by atoms with van der Waals surface area (Å²) >= 11 is 7.98. The van der Waals surface area contributed by atoms with Gasteiger partial charge in [0.25, 0.3) is 5.91 Å². The van der Waals surface area contributed by atoms with Crippen LogP contribution in [-0.2, 0) is 25.6 Å². The van der Waals surface area contributed by atoms with E-state index in [1.807, 2.05) is 25.6 Å². The number of rotatable bonds is 15. The van der Waals surface area contributed by atoms with Crippen LogP contribution < -0.4 is 16.0 Å². The molecule has 3 N–H and O–H groups in total. The molecule has 2 rings (SSSR count). The molecule has 0 bridgehead atoms. The Morgan fingerprint density at radius 2 is 1.78 bits per heavy atom. The van der Waals surface area contributed by atoms with Crippen molar-refractivity contribution in [2.75, 3.05) is 12.3 Å². The van der Waals surface area contributed by atoms with Crippen LogP contribution in [0.4, 0.5) is 0 Å². The van der Waals surface area contributed by atoms with E-state index in [9.17, 15) is 19.2 Å². The number of halogens is 1. The maximum absolute atomic E-state index is 13.2. The van der Waals surface area contributed by atoms with E-state index in [2.05, 4.69) is 16.0 Å². The number of Topliss-reactive ketones (excluding diaryl/α,β-unsaturated/α-hetero) is 1. The molecule has 3 amide bonds. The first-order valence-corrected chi connectivity index (χ1v) is 14.4. The molecule has 3 atom stereocenters. The van der Waals surface area contributed by atoms with E-state index in [0.717, 1.165) is 24.8 Å². The van der Waals surface area contributed by atoms with Crippen LogP contribution in [0.3, 0.4) is 0 Å². The number of nitrogens with one attached hydrogen (secondary N) is 3. The number of thioether (sulfide) groups is 1. The molecular formula is C27H40ClN3O4S. The van der Waals surface area contributed by atoms with Gasteiger partial charge in [0, 0.05) is 29.7 Å². The van der Waals surface area contributed by atoms with E-state index in [-0.39, 0.29) is 18.2 Å². The largest absolute Gasteiger partial charge is 0.350 e. The summed E-state index contributed by atoms with van der Waals surface area (Å²) < 4.78 is 0. The van der Waals surface area contributed by atoms with Gasteiger partial charge < -0.3 is 16.0 Å². The third-order valence-electron chi connectivity index (χ3n) is 6.11. The summed E-state index contributed by atoms with van der Waals surface area (Å²) in [6.45, 7) is 5.96. The molecule has 0 radical (unpaired) electrons. The summed E-state index contributed by atoms with van der Waals surface area (Å²) in [6, 6.07) is 5.06. The van der Waals surface area contributed by atoms with Gasteiger partial charge in [-0.15, -0.1) is 0 Å². The molecule has 1 heterocycles. The van der Waals surface area contributed by atoms with Crippen LogP contribution in [-0.4, -0.2) is 53.1 Å². The van der Waals surface area contributed by atoms with E-state index in [1.54, 1.807) is 31.2 Å². The van der Waals surface area contributed by atoms with Crippen molar-refractivity contribution < 1.29 is 19.2 Å². The average molecular weight is 538 g/mol. The summed E-state index contributed by atoms with van der Waals surface area (Å²) in [5, 5.41) is 9.37. The molecule has 7 nitrogen and oxygen atoms in total. The number of benzene rings is 1. The summed E-state index contributed by atoms with van der Waals surface area (Å²) in [7, 11) is 0. The fraction of sp³-hybridized carbons (Fsp3) is 0.630. The van der Waals surface area contributed by atoms with E-state index >= 15 is 0 Å². The Hall–Kier alpha value is -2.06. The highest BCUT2D eigenvalue weighted by Crippen LogP contribution is 2.30. The minimum atomic E-state index is -1.05. The third-order valence-corrected chi connectivity index (χ3v) is 7.83. The lowest BCUT2D eigenvalue weighted by atomic mass is 9.99. The van der Waals surface area contributed by atoms with Gasteiger partial charge in [-0.1, -0.05) is 44.0 Å². The highest BCUT2D eigenvalue weighted by molar-refractivity contribution is 8.00. The summed E-state index contributed by atoms with van der Waals surface area (Å²) in [5.74, 6) is -0.718. The SMILES string of the molecule is CCNC(=O)C(=O)[C@H](Cc1ccc(Cl)cc1)NC(=O)[C@H](CC(C)C)NC(=O)CCCCC1CCCS1. The van der Waals surface area contributed by atoms with Gasteiger partial charge in [-0.05, 0) is 68.4 Å². The fourth-order valence-electron chi connectivity index (χ4n) is 4.24. The van der Waals surface area contributed by atoms with Crippen LogP contribution in [0.5, 0.6) is 0 Å². The van der Waals surface area contributed by atoms with Crippen LogP contribution in [0.25, 0.3) is 0 Å². The quantitative estimate of drug-likeness (QED) is 0.231. The molecule has 1 saturated heterocycles. The predicted molar refractivity (Wildman–Crippen MR) is 146 cm³/mol. The second kappa shape index (κ2) is 15.9. The normalized spacial score (nSPS) is 16.9. The Bertz CT molecular complexity index is 872. The van der Waals surface area contributed by atoms with Crippen molar-refractivity contribution >= 4 is 46.9 Å². The summed E-state index contributed by atoms with van der Waals surface area (Å²) in [6.07, 6.45) is 6.39. The van der Waals surface area contributed by atoms with Crippen LogP contribution in [0.1, 0.15) is 71.3 Å². The molecule has 0 aliphatic carbocycles. The van der Waals surface area contributed by atoms with Crippen molar-refractivity contribution in [1.82, 2.24) is 16.0 Å². The molecular weight excluding hydrogens is 498 g/mol. The first-order chi connectivity index (χ1) is 17.2. The van der Waals surface area contributed by atoms with Gasteiger partial charge in [0.15, 0.2) is 0 Å². The molecule has 1 aliphatic heterocycles. The van der Waals surface area contributed by atoms with E-state index in [4.69, 9.17) is 11.6 Å². The molecule has 0 saturated carbocycles. The number of amides is 3. The molecule has 1 aliphatic rings. The summed E-state index contributed by atoms with van der Waals surface area (Å²) in [4.78, 5) is 51.0. The Kier molecular flexibility index (Phi) is 13.3. The van der Waals surface area contributed by atoms with Gasteiger partial charge in [0.2, 0.25) is 17.6 Å². The lowest BCUT2D eigenvalue weighted by molar-refractivity contribution is -0.140. The van der Waals surface area contributed by atoms with Gasteiger partial charge >= 0.3 is 0 Å². The van der Waals surface area contributed by atoms with Crippen molar-refractivity contribution in [3.8, 4) is 0 Å². The van der Waals surface area contributed by atoms with Crippen molar-refractivity contribution in [3.63, 3.8) is 0 Å². The number of carbonyl (C=O) groups is 4. The summed E-state index contributed by atoms with van der Waals surface area (Å²) in [5.41, 5.74) is 0.757. The topological polar surface area (TPSA) is 104 Å². The maximum Gasteiger partial charge on any atom is 0.289 e. The highest BCUT2D eigenvalue weighted by Gasteiger charge is 2.30. The number of carbonyl (C=O) groups excluding carboxylic acids is 4. The minimum absolute atomic E-state index is 0.139. The van der Waals surface area contributed by atoms with E-state index in [1.165, 1.54) is 18.6 Å². The second-order valence-electron chi connectivity index (χ2n) is 9.75. The predicted octanol–water partition coefficient (Wildman–Crippen LogP) is 4.06. The molecule has 1 unspecified atom stereocenters. The molecule has 9 heteroatoms. The Labute approximate surface area is 224 Å². The molecule has 0 aromatic heterocycles. The van der Waals surface area contributed by atoms with Crippen molar-refractivity contribution in [2.45, 2.75) is 89.5 Å². The van der Waals surface area contributed by atoms with Crippen molar-refractivity contribution in [2.24, 2.45) is 5.92 Å². The first-order valence-electron chi connectivity index (χ1n) is 13.0. The smallest absolute Gasteiger partial charge is 0.289 e. The number of unbranched alkanes of at least 4 members (excludes halogenated alkanes) is 1. The average Bonchev–Trinajstić information content (AvgIpc) is 3.35. The Morgan fingerprint density at radius 1 is 1.06 bits per heavy atom. The fourth-order valence-corrected chi connectivity index (χ4v) is 5.70. The zero-order valence-electron chi connectivity index (χ0n) is 21.6. The van der Waals surface area contributed by atoms with Crippen LogP contribution in [0.2, 0.25) is 5.02 Å². The number of hydrogen-bond acceptors (Lipinski definition) is 5. The monoisotopic (exact) mass is 537 g/mol. The van der Waals surface area contributed by atoms with Crippen molar-refractivity contribution in [1.29, 1.82) is 0 Å². The number of likely N-dealkylation sites (N-methyl/N-ethyl adjacent to an activating group) is 1. The molecule has 1 aromatic rings. The Morgan fingerprint density at radius 3 is 2.39 bits per heavy atom. The zero-order chi connectivity index (χ0) is 26.5. The lowest BCUT2D eigenvalue weighted by Crippen LogP contribution is -2.54. The van der Waals surface area contributed by atoms with Gasteiger partial charge in [-0.3, -0.25) is 19.2 Å². The van der Waals surface area contributed by atoms with Crippen LogP contribution in [0.15, 0.2) is 24.3 Å². The molecule has 200 valence electrons. The Balaban J connectivity index is 2.01. The minimum Gasteiger partial charge on any atom is -0.350 e. The highest BCUT2D eigenvalue weighted by atomic mass is 35.5. The third kappa shape index (κ3) is 10.9. The molecule has 1 aromatic carbocycles. The van der Waals surface area contributed by atoms with Crippen LogP contribution in [0, 0.1) is 5.92 Å². The standard InChI is InChI=1S/C27H40ClN3O4S/c1-4-29-27(35)25(33)22(17-19-11-13-20(28)14-12-19)31-26(34)23(16-18(2)3)30-24(32)10-6-5-8-21-9-7-15-36-21/h11-14,18,21-23H,4-10,15-17H2,1-3H3,(H,29,35)(H,30,32)(H,31,34)/t21?,22-,23-/m0/s1. The number of hydrogen-bond donors (Lipinski definition) is 3. The van der Waals surface area contributed by atoms with Gasteiger partial charge in [-0.25, -0.2) is 0 Å². The molecule has 36 heavy (non-hydrogen) atoms.